The smallest absolute Gasteiger partial charge is 0.0432 e. The lowest BCUT2D eigenvalue weighted by molar-refractivity contribution is 0.0411. The normalized spacial score (nSPS) is 30.5. The molecule has 1 saturated carbocycles. The summed E-state index contributed by atoms with van der Waals surface area (Å²) in [7, 11) is 0. The van der Waals surface area contributed by atoms with Gasteiger partial charge in [0.1, 0.15) is 0 Å². The fourth-order valence-electron chi connectivity index (χ4n) is 5.19. The van der Waals surface area contributed by atoms with Gasteiger partial charge in [-0.25, -0.2) is 0 Å². The van der Waals surface area contributed by atoms with E-state index in [1.165, 1.54) is 68.6 Å². The first-order valence-corrected chi connectivity index (χ1v) is 9.96. The number of benzene rings is 1. The molecule has 1 aliphatic carbocycles. The summed E-state index contributed by atoms with van der Waals surface area (Å²) in [5, 5.41) is 0. The fourth-order valence-corrected chi connectivity index (χ4v) is 5.19. The average Bonchev–Trinajstić information content (AvgIpc) is 2.60. The molecule has 130 valence electrons. The van der Waals surface area contributed by atoms with E-state index in [1.807, 2.05) is 0 Å². The molecule has 0 N–H and O–H groups in total. The monoisotopic (exact) mass is 324 g/mol. The lowest BCUT2D eigenvalue weighted by Gasteiger charge is -2.46. The number of fused-ring (bicyclic) bond motifs is 2. The summed E-state index contributed by atoms with van der Waals surface area (Å²) >= 11 is 0. The summed E-state index contributed by atoms with van der Waals surface area (Å²) in [6, 6.07) is 9.61. The summed E-state index contributed by atoms with van der Waals surface area (Å²) in [6.07, 6.45) is 9.70. The highest BCUT2D eigenvalue weighted by atomic mass is 15.2. The number of hydrogen-bond acceptors (Lipinski definition) is 2. The first-order chi connectivity index (χ1) is 11.7. The maximum absolute atomic E-state index is 2.78. The Morgan fingerprint density at radius 1 is 1.04 bits per heavy atom. The molecule has 0 radical (unpaired) electrons. The summed E-state index contributed by atoms with van der Waals surface area (Å²) in [4.78, 5) is 5.35. The predicted octanol–water partition coefficient (Wildman–Crippen LogP) is 4.76. The van der Waals surface area contributed by atoms with E-state index in [0.717, 1.165) is 24.4 Å². The maximum Gasteiger partial charge on any atom is 0.0432 e. The van der Waals surface area contributed by atoms with Crippen LogP contribution in [0.5, 0.6) is 0 Å². The Kier molecular flexibility index (Phi) is 4.67. The first-order valence-electron chi connectivity index (χ1n) is 9.96. The number of hydrogen-bond donors (Lipinski definition) is 0. The van der Waals surface area contributed by atoms with E-state index < -0.39 is 0 Å². The van der Waals surface area contributed by atoms with Crippen molar-refractivity contribution in [3.05, 3.63) is 41.1 Å². The molecule has 0 spiro atoms. The van der Waals surface area contributed by atoms with Crippen LogP contribution in [0.15, 0.2) is 30.0 Å². The van der Waals surface area contributed by atoms with Crippen molar-refractivity contribution in [3.8, 4) is 0 Å². The molecule has 1 aromatic carbocycles. The molecule has 2 fully saturated rings. The van der Waals surface area contributed by atoms with Gasteiger partial charge in [0.15, 0.2) is 0 Å². The zero-order valence-corrected chi connectivity index (χ0v) is 15.4. The van der Waals surface area contributed by atoms with E-state index in [-0.39, 0.29) is 0 Å². The second-order valence-electron chi connectivity index (χ2n) is 8.29. The van der Waals surface area contributed by atoms with Gasteiger partial charge in [0, 0.05) is 37.9 Å². The van der Waals surface area contributed by atoms with E-state index in [2.05, 4.69) is 54.0 Å². The van der Waals surface area contributed by atoms with Crippen molar-refractivity contribution in [1.82, 2.24) is 9.80 Å². The number of piperidine rings is 1. The highest BCUT2D eigenvalue weighted by molar-refractivity contribution is 5.58. The molecule has 3 atom stereocenters. The van der Waals surface area contributed by atoms with Gasteiger partial charge in [0.2, 0.25) is 0 Å². The van der Waals surface area contributed by atoms with Crippen LogP contribution < -0.4 is 0 Å². The Balaban J connectivity index is 1.37. The summed E-state index contributed by atoms with van der Waals surface area (Å²) in [5.41, 5.74) is 4.30. The summed E-state index contributed by atoms with van der Waals surface area (Å²) in [5.74, 6) is 2.00. The van der Waals surface area contributed by atoms with E-state index in [1.54, 1.807) is 0 Å². The van der Waals surface area contributed by atoms with Gasteiger partial charge in [-0.3, -0.25) is 4.90 Å². The molecule has 1 saturated heterocycles. The number of allylic oxidation sites excluding steroid dienone is 1. The quantitative estimate of drug-likeness (QED) is 0.790. The van der Waals surface area contributed by atoms with Gasteiger partial charge in [-0.2, -0.15) is 0 Å². The molecule has 0 bridgehead atoms. The van der Waals surface area contributed by atoms with Gasteiger partial charge in [-0.05, 0) is 55.7 Å². The molecule has 0 amide bonds. The van der Waals surface area contributed by atoms with E-state index in [9.17, 15) is 0 Å². The highest BCUT2D eigenvalue weighted by Crippen LogP contribution is 2.38. The van der Waals surface area contributed by atoms with Crippen molar-refractivity contribution in [1.29, 1.82) is 0 Å². The van der Waals surface area contributed by atoms with Gasteiger partial charge in [0.25, 0.3) is 0 Å². The van der Waals surface area contributed by atoms with Crippen LogP contribution in [0.4, 0.5) is 0 Å². The molecular weight excluding hydrogens is 292 g/mol. The predicted molar refractivity (Wildman–Crippen MR) is 102 cm³/mol. The molecule has 2 aliphatic heterocycles. The fraction of sp³-hybridized carbons (Fsp3) is 0.636. The third kappa shape index (κ3) is 3.26. The Morgan fingerprint density at radius 3 is 2.71 bits per heavy atom. The topological polar surface area (TPSA) is 6.48 Å². The number of rotatable bonds is 3. The Labute approximate surface area is 147 Å². The van der Waals surface area contributed by atoms with Crippen LogP contribution in [0.3, 0.4) is 0 Å². The molecule has 3 unspecified atom stereocenters. The molecule has 2 heteroatoms. The van der Waals surface area contributed by atoms with Crippen LogP contribution in [0.25, 0.3) is 6.08 Å². The summed E-state index contributed by atoms with van der Waals surface area (Å²) in [6.45, 7) is 9.54. The van der Waals surface area contributed by atoms with Crippen molar-refractivity contribution in [3.63, 3.8) is 0 Å². The minimum atomic E-state index is 0.769. The molecule has 24 heavy (non-hydrogen) atoms. The lowest BCUT2D eigenvalue weighted by atomic mass is 9.73. The van der Waals surface area contributed by atoms with Crippen molar-refractivity contribution < 1.29 is 0 Å². The largest absolute Gasteiger partial charge is 0.369 e. The molecule has 3 aliphatic rings. The molecule has 2 heterocycles. The van der Waals surface area contributed by atoms with E-state index >= 15 is 0 Å². The summed E-state index contributed by atoms with van der Waals surface area (Å²) < 4.78 is 0. The van der Waals surface area contributed by atoms with Crippen molar-refractivity contribution in [2.45, 2.75) is 58.5 Å². The van der Waals surface area contributed by atoms with Crippen LogP contribution in [0.1, 0.15) is 57.1 Å². The van der Waals surface area contributed by atoms with Gasteiger partial charge >= 0.3 is 0 Å². The molecule has 1 aromatic rings. The van der Waals surface area contributed by atoms with Crippen LogP contribution in [-0.2, 0) is 6.54 Å². The van der Waals surface area contributed by atoms with Crippen LogP contribution >= 0.6 is 0 Å². The van der Waals surface area contributed by atoms with Crippen LogP contribution in [0.2, 0.25) is 0 Å². The molecular formula is C22H32N2. The van der Waals surface area contributed by atoms with Gasteiger partial charge in [0.05, 0.1) is 0 Å². The zero-order valence-electron chi connectivity index (χ0n) is 15.4. The Bertz CT molecular complexity index is 606. The third-order valence-corrected chi connectivity index (χ3v) is 6.74. The average molecular weight is 325 g/mol. The number of nitrogens with zero attached hydrogens (tertiary/aromatic N) is 2. The SMILES string of the molecule is CC1=Cc2ccccc2CN1CCN1CC2CCCCC2CC1C. The van der Waals surface area contributed by atoms with Crippen molar-refractivity contribution in [2.75, 3.05) is 19.6 Å². The maximum atomic E-state index is 2.78. The minimum absolute atomic E-state index is 0.769. The van der Waals surface area contributed by atoms with Crippen LogP contribution in [0, 0.1) is 11.8 Å². The van der Waals surface area contributed by atoms with Crippen LogP contribution in [-0.4, -0.2) is 35.5 Å². The third-order valence-electron chi connectivity index (χ3n) is 6.74. The van der Waals surface area contributed by atoms with Gasteiger partial charge < -0.3 is 4.90 Å². The minimum Gasteiger partial charge on any atom is -0.369 e. The molecule has 0 aromatic heterocycles. The van der Waals surface area contributed by atoms with E-state index in [4.69, 9.17) is 0 Å². The second-order valence-corrected chi connectivity index (χ2v) is 8.29. The lowest BCUT2D eigenvalue weighted by Crippen LogP contribution is -2.49. The standard InChI is InChI=1S/C22H32N2/c1-17-13-19-7-3-5-9-21(19)15-23(17)11-12-24-16-22-10-6-4-8-20(22)14-18(24)2/h3,5,7,9,13,18,20,22H,4,6,8,10-12,14-16H2,1-2H3. The molecule has 2 nitrogen and oxygen atoms in total. The molecule has 4 rings (SSSR count). The van der Waals surface area contributed by atoms with Gasteiger partial charge in [-0.1, -0.05) is 43.5 Å². The first kappa shape index (κ1) is 16.2. The number of likely N-dealkylation sites (tertiary alicyclic amines) is 1. The Hall–Kier alpha value is -1.28. The van der Waals surface area contributed by atoms with E-state index in [0.29, 0.717) is 0 Å². The van der Waals surface area contributed by atoms with Crippen molar-refractivity contribution in [2.24, 2.45) is 11.8 Å². The highest BCUT2D eigenvalue weighted by Gasteiger charge is 2.34. The second kappa shape index (κ2) is 6.92. The van der Waals surface area contributed by atoms with Gasteiger partial charge in [-0.15, -0.1) is 0 Å². The van der Waals surface area contributed by atoms with Crippen molar-refractivity contribution >= 4 is 6.08 Å². The zero-order chi connectivity index (χ0) is 16.5. The Morgan fingerprint density at radius 2 is 1.83 bits per heavy atom.